The number of ketones is 1. The summed E-state index contributed by atoms with van der Waals surface area (Å²) in [5.41, 5.74) is -8.45. The third-order valence-corrected chi connectivity index (χ3v) is 11.5. The molecule has 14 N–H and O–H groups in total. The van der Waals surface area contributed by atoms with Gasteiger partial charge in [-0.2, -0.15) is 0 Å². The minimum absolute atomic E-state index is 0.263. The Labute approximate surface area is 373 Å². The Morgan fingerprint density at radius 3 is 1.71 bits per heavy atom. The van der Waals surface area contributed by atoms with Crippen LogP contribution in [0.1, 0.15) is 52.9 Å². The first kappa shape index (κ1) is 44.3. The molecule has 1 saturated heterocycles. The quantitative estimate of drug-likeness (QED) is 0.0491. The Hall–Kier alpha value is -8.92. The number of phenols is 11. The van der Waals surface area contributed by atoms with Crippen molar-refractivity contribution in [2.75, 3.05) is 6.61 Å². The summed E-state index contributed by atoms with van der Waals surface area (Å²) in [4.78, 5) is 84.8. The molecular weight excluding hydrogens is 924 g/mol. The van der Waals surface area contributed by atoms with Gasteiger partial charge in [0.2, 0.25) is 35.4 Å². The average Bonchev–Trinajstić information content (AvgIpc) is 3.28. The van der Waals surface area contributed by atoms with E-state index in [4.69, 9.17) is 33.2 Å². The molecule has 9 rings (SSSR count). The molecule has 7 unspecified atom stereocenters. The maximum Gasteiger partial charge on any atom is 0.341 e. The second kappa shape index (κ2) is 14.8. The number of rotatable bonds is 2. The number of benzene rings is 4. The van der Waals surface area contributed by atoms with Crippen molar-refractivity contribution in [3.8, 4) is 80.1 Å². The maximum atomic E-state index is 14.6. The number of esters is 5. The van der Waals surface area contributed by atoms with E-state index >= 15 is 0 Å². The normalized spacial score (nSPS) is 25.7. The Bertz CT molecular complexity index is 3020. The molecule has 0 aromatic heterocycles. The van der Waals surface area contributed by atoms with Crippen LogP contribution >= 0.6 is 0 Å². The van der Waals surface area contributed by atoms with Crippen molar-refractivity contribution in [2.24, 2.45) is 0 Å². The summed E-state index contributed by atoms with van der Waals surface area (Å²) in [6, 6.07) is 2.30. The van der Waals surface area contributed by atoms with Gasteiger partial charge >= 0.3 is 35.6 Å². The van der Waals surface area contributed by atoms with Crippen LogP contribution in [-0.4, -0.2) is 156 Å². The fraction of sp³-hybridized carbons (Fsp3) is 0.220. The van der Waals surface area contributed by atoms with Crippen molar-refractivity contribution in [3.05, 3.63) is 69.8 Å². The molecule has 6 bridgehead atoms. The molecule has 4 aliphatic heterocycles. The van der Waals surface area contributed by atoms with Gasteiger partial charge in [-0.25, -0.2) is 24.0 Å². The van der Waals surface area contributed by atoms with E-state index in [0.29, 0.717) is 30.3 Å². The molecule has 5 aliphatic rings. The second-order valence-electron chi connectivity index (χ2n) is 15.5. The summed E-state index contributed by atoms with van der Waals surface area (Å²) < 4.78 is 38.9. The van der Waals surface area contributed by atoms with E-state index in [1.165, 1.54) is 0 Å². The second-order valence-corrected chi connectivity index (χ2v) is 15.5. The van der Waals surface area contributed by atoms with E-state index in [9.17, 15) is 100 Å². The molecule has 1 fully saturated rings. The molecule has 1 aliphatic carbocycles. The summed E-state index contributed by atoms with van der Waals surface area (Å²) in [5.74, 6) is -36.5. The predicted octanol–water partition coefficient (Wildman–Crippen LogP) is -1.10. The van der Waals surface area contributed by atoms with Gasteiger partial charge in [0.05, 0.1) is 33.7 Å². The number of carbonyl (C=O) groups is 6. The summed E-state index contributed by atoms with van der Waals surface area (Å²) in [5, 5.41) is 150. The summed E-state index contributed by atoms with van der Waals surface area (Å²) in [6.45, 7) is -1.31. The van der Waals surface area contributed by atoms with Gasteiger partial charge in [-0.05, 0) is 36.4 Å². The van der Waals surface area contributed by atoms with Gasteiger partial charge < -0.3 is 105 Å². The van der Waals surface area contributed by atoms with Crippen LogP contribution < -0.4 is 4.74 Å². The van der Waals surface area contributed by atoms with Crippen molar-refractivity contribution in [2.45, 2.75) is 48.2 Å². The van der Waals surface area contributed by atoms with Crippen molar-refractivity contribution in [1.82, 2.24) is 0 Å². The number of hydrogen-bond acceptors (Lipinski definition) is 27. The van der Waals surface area contributed by atoms with Crippen LogP contribution in [0, 0.1) is 0 Å². The van der Waals surface area contributed by atoms with E-state index in [2.05, 4.69) is 0 Å². The van der Waals surface area contributed by atoms with Gasteiger partial charge in [-0.3, -0.25) is 4.79 Å². The lowest BCUT2D eigenvalue weighted by molar-refractivity contribution is -0.339. The highest BCUT2D eigenvalue weighted by atomic mass is 16.8. The lowest BCUT2D eigenvalue weighted by Gasteiger charge is -2.49. The molecule has 27 heteroatoms. The van der Waals surface area contributed by atoms with Crippen LogP contribution in [-0.2, 0) is 38.0 Å². The Morgan fingerprint density at radius 2 is 1.10 bits per heavy atom. The van der Waals surface area contributed by atoms with Crippen LogP contribution in [0.5, 0.6) is 69.0 Å². The first-order chi connectivity index (χ1) is 31.9. The third kappa shape index (κ3) is 6.21. The van der Waals surface area contributed by atoms with Gasteiger partial charge in [-0.1, -0.05) is 0 Å². The van der Waals surface area contributed by atoms with E-state index in [0.717, 1.165) is 0 Å². The topological polar surface area (TPSA) is 450 Å². The van der Waals surface area contributed by atoms with Crippen molar-refractivity contribution >= 4 is 35.6 Å². The lowest BCUT2D eigenvalue weighted by atomic mass is 9.70. The number of ether oxygens (including phenoxy) is 7. The van der Waals surface area contributed by atoms with Gasteiger partial charge in [0, 0.05) is 16.7 Å². The van der Waals surface area contributed by atoms with Crippen molar-refractivity contribution in [3.63, 3.8) is 0 Å². The number of cyclic esters (lactones) is 1. The Kier molecular flexibility index (Phi) is 9.64. The van der Waals surface area contributed by atoms with Crippen LogP contribution in [0.4, 0.5) is 0 Å². The molecule has 4 aromatic carbocycles. The highest BCUT2D eigenvalue weighted by Crippen LogP contribution is 2.59. The van der Waals surface area contributed by atoms with Crippen LogP contribution in [0.3, 0.4) is 0 Å². The molecule has 354 valence electrons. The van der Waals surface area contributed by atoms with Crippen molar-refractivity contribution in [1.29, 1.82) is 0 Å². The minimum Gasteiger partial charge on any atom is -0.504 e. The summed E-state index contributed by atoms with van der Waals surface area (Å²) >= 11 is 0. The lowest BCUT2D eigenvalue weighted by Crippen LogP contribution is -2.70. The minimum atomic E-state index is -3.98. The highest BCUT2D eigenvalue weighted by Gasteiger charge is 2.70. The molecule has 0 saturated carbocycles. The molecule has 68 heavy (non-hydrogen) atoms. The predicted molar refractivity (Wildman–Crippen MR) is 204 cm³/mol. The largest absolute Gasteiger partial charge is 0.504 e. The van der Waals surface area contributed by atoms with Gasteiger partial charge in [0.1, 0.15) is 12.7 Å². The van der Waals surface area contributed by atoms with Crippen LogP contribution in [0.25, 0.3) is 11.1 Å². The highest BCUT2D eigenvalue weighted by molar-refractivity contribution is 6.10. The standard InChI is InChI=1S/C41H28O27/c42-13-1-8(2-14(43)24(13)48)34(54)65-32-30-18-7-62-35(55)9-3-15(44)25(49)28(52)20(9)21-10(4-16(45)26(50)29(21)53)37(57)67-39(63-18)33(32)66-36(56)11-5-17(46)27(51)31-22(11)23-12(38(58)64-30)6-19(47)41(61,68-31)40(23,59)60/h1-6,18,23,30,32-33,39,42-46,48-53,59-61H,7H2. The fourth-order valence-electron chi connectivity index (χ4n) is 8.25. The molecule has 4 aromatic rings. The summed E-state index contributed by atoms with van der Waals surface area (Å²) in [6.07, 6.45) is -12.1. The summed E-state index contributed by atoms with van der Waals surface area (Å²) in [7, 11) is 0. The first-order valence-electron chi connectivity index (χ1n) is 19.1. The number of phenolic OH excluding ortho intramolecular Hbond substituents is 11. The van der Waals surface area contributed by atoms with Gasteiger partial charge in [0.15, 0.2) is 64.0 Å². The number of fused-ring (bicyclic) bond motifs is 10. The van der Waals surface area contributed by atoms with E-state index in [-0.39, 0.29) is 6.08 Å². The molecule has 0 amide bonds. The fourth-order valence-corrected chi connectivity index (χ4v) is 8.25. The molecule has 4 heterocycles. The van der Waals surface area contributed by atoms with Gasteiger partial charge in [-0.15, -0.1) is 0 Å². The van der Waals surface area contributed by atoms with Crippen LogP contribution in [0.15, 0.2) is 42.0 Å². The molecule has 0 spiro atoms. The zero-order chi connectivity index (χ0) is 49.4. The van der Waals surface area contributed by atoms with Gasteiger partial charge in [0.25, 0.3) is 5.79 Å². The van der Waals surface area contributed by atoms with E-state index in [1.807, 2.05) is 0 Å². The number of aromatic hydroxyl groups is 11. The number of carbonyl (C=O) groups excluding carboxylic acids is 6. The Morgan fingerprint density at radius 1 is 0.588 bits per heavy atom. The molecular formula is C41H28O27. The average molecular weight is 953 g/mol. The maximum absolute atomic E-state index is 14.6. The molecule has 0 radical (unpaired) electrons. The number of aliphatic hydroxyl groups is 3. The smallest absolute Gasteiger partial charge is 0.341 e. The SMILES string of the molecule is O=C1OC2C3COC(=O)c4cc(O)c(O)c(O)c4-c4c(cc(O)c(O)c4O)C(=O)OC(O3)C(OC(=O)c3cc(O)c(O)c4c3C3C1=CC(=O)C(O)(O4)C3(O)O)C2OC(=O)c1cc(O)c(O)c(O)c1. The zero-order valence-corrected chi connectivity index (χ0v) is 33.2. The molecule has 27 nitrogen and oxygen atoms in total. The number of hydrogen-bond donors (Lipinski definition) is 14. The zero-order valence-electron chi connectivity index (χ0n) is 33.2. The monoisotopic (exact) mass is 952 g/mol. The molecule has 7 atom stereocenters. The van der Waals surface area contributed by atoms with Crippen LogP contribution in [0.2, 0.25) is 0 Å². The van der Waals surface area contributed by atoms with E-state index in [1.54, 1.807) is 0 Å². The Balaban J connectivity index is 1.29. The van der Waals surface area contributed by atoms with Crippen molar-refractivity contribution < 1.29 is 133 Å². The third-order valence-electron chi connectivity index (χ3n) is 11.5. The first-order valence-corrected chi connectivity index (χ1v) is 19.1. The van der Waals surface area contributed by atoms with E-state index < -0.39 is 204 Å².